The Hall–Kier alpha value is -0.930. The van der Waals surface area contributed by atoms with Crippen molar-refractivity contribution in [2.45, 2.75) is 32.1 Å². The highest BCUT2D eigenvalue weighted by Gasteiger charge is 2.16. The molecule has 1 N–H and O–H groups in total. The second-order valence-corrected chi connectivity index (χ2v) is 6.04. The van der Waals surface area contributed by atoms with Crippen molar-refractivity contribution in [3.63, 3.8) is 0 Å². The zero-order valence-corrected chi connectivity index (χ0v) is 12.3. The quantitative estimate of drug-likeness (QED) is 0.877. The van der Waals surface area contributed by atoms with Crippen LogP contribution < -0.4 is 5.32 Å². The lowest BCUT2D eigenvalue weighted by Crippen LogP contribution is -2.25. The standard InChI is InChI=1S/C15H21NOS/c1-10(18-4)9-16-12(3)15-11(2)13-7-5-6-8-14(13)17-15/h5-8,10,12,16H,9H2,1-4H3. The Morgan fingerprint density at radius 2 is 2.00 bits per heavy atom. The van der Waals surface area contributed by atoms with Gasteiger partial charge in [0, 0.05) is 17.2 Å². The first-order valence-corrected chi connectivity index (χ1v) is 7.66. The van der Waals surface area contributed by atoms with Gasteiger partial charge < -0.3 is 9.73 Å². The Balaban J connectivity index is 2.17. The minimum atomic E-state index is 0.256. The van der Waals surface area contributed by atoms with Gasteiger partial charge >= 0.3 is 0 Å². The van der Waals surface area contributed by atoms with Crippen molar-refractivity contribution in [1.82, 2.24) is 5.32 Å². The van der Waals surface area contributed by atoms with Gasteiger partial charge in [-0.25, -0.2) is 0 Å². The number of rotatable bonds is 5. The normalized spacial score (nSPS) is 14.9. The Labute approximate surface area is 113 Å². The average Bonchev–Trinajstić information content (AvgIpc) is 2.73. The van der Waals surface area contributed by atoms with Crippen LogP contribution in [0.25, 0.3) is 11.0 Å². The van der Waals surface area contributed by atoms with Crippen molar-refractivity contribution in [3.05, 3.63) is 35.6 Å². The Morgan fingerprint density at radius 1 is 1.28 bits per heavy atom. The van der Waals surface area contributed by atoms with Gasteiger partial charge in [-0.05, 0) is 31.7 Å². The molecule has 2 unspecified atom stereocenters. The molecule has 3 heteroatoms. The van der Waals surface area contributed by atoms with Crippen LogP contribution in [-0.4, -0.2) is 18.1 Å². The maximum absolute atomic E-state index is 5.96. The number of hydrogen-bond donors (Lipinski definition) is 1. The van der Waals surface area contributed by atoms with E-state index in [1.54, 1.807) is 0 Å². The van der Waals surface area contributed by atoms with E-state index in [2.05, 4.69) is 44.5 Å². The first kappa shape index (κ1) is 13.5. The van der Waals surface area contributed by atoms with E-state index in [1.165, 1.54) is 10.9 Å². The van der Waals surface area contributed by atoms with Crippen LogP contribution in [-0.2, 0) is 0 Å². The Bertz CT molecular complexity index is 520. The molecule has 0 bridgehead atoms. The molecule has 0 spiro atoms. The fourth-order valence-corrected chi connectivity index (χ4v) is 2.39. The van der Waals surface area contributed by atoms with Crippen LogP contribution in [0.2, 0.25) is 0 Å². The second kappa shape index (κ2) is 5.81. The fraction of sp³-hybridized carbons (Fsp3) is 0.467. The van der Waals surface area contributed by atoms with Crippen LogP contribution in [0.5, 0.6) is 0 Å². The summed E-state index contributed by atoms with van der Waals surface area (Å²) in [4.78, 5) is 0. The molecule has 0 radical (unpaired) electrons. The van der Waals surface area contributed by atoms with Crippen LogP contribution in [0, 0.1) is 6.92 Å². The molecule has 2 nitrogen and oxygen atoms in total. The third-order valence-corrected chi connectivity index (χ3v) is 4.36. The third-order valence-electron chi connectivity index (χ3n) is 3.39. The first-order valence-electron chi connectivity index (χ1n) is 6.37. The highest BCUT2D eigenvalue weighted by molar-refractivity contribution is 7.99. The lowest BCUT2D eigenvalue weighted by atomic mass is 10.1. The predicted octanol–water partition coefficient (Wildman–Crippen LogP) is 4.14. The monoisotopic (exact) mass is 263 g/mol. The van der Waals surface area contributed by atoms with Gasteiger partial charge in [-0.1, -0.05) is 25.1 Å². The molecule has 1 heterocycles. The summed E-state index contributed by atoms with van der Waals surface area (Å²) >= 11 is 1.88. The predicted molar refractivity (Wildman–Crippen MR) is 80.3 cm³/mol. The van der Waals surface area contributed by atoms with E-state index >= 15 is 0 Å². The van der Waals surface area contributed by atoms with Crippen molar-refractivity contribution in [2.75, 3.05) is 12.8 Å². The van der Waals surface area contributed by atoms with Crippen molar-refractivity contribution in [3.8, 4) is 0 Å². The maximum Gasteiger partial charge on any atom is 0.134 e. The van der Waals surface area contributed by atoms with E-state index in [0.29, 0.717) is 5.25 Å². The van der Waals surface area contributed by atoms with E-state index in [9.17, 15) is 0 Å². The Morgan fingerprint density at radius 3 is 2.67 bits per heavy atom. The second-order valence-electron chi connectivity index (χ2n) is 4.76. The molecule has 0 amide bonds. The SMILES string of the molecule is CSC(C)CNC(C)c1oc2ccccc2c1C. The highest BCUT2D eigenvalue weighted by atomic mass is 32.2. The van der Waals surface area contributed by atoms with E-state index in [-0.39, 0.29) is 6.04 Å². The van der Waals surface area contributed by atoms with Crippen molar-refractivity contribution in [1.29, 1.82) is 0 Å². The van der Waals surface area contributed by atoms with Crippen molar-refractivity contribution >= 4 is 22.7 Å². The van der Waals surface area contributed by atoms with Crippen LogP contribution in [0.1, 0.15) is 31.2 Å². The van der Waals surface area contributed by atoms with Gasteiger partial charge in [0.25, 0.3) is 0 Å². The Kier molecular flexibility index (Phi) is 4.36. The molecule has 18 heavy (non-hydrogen) atoms. The van der Waals surface area contributed by atoms with Gasteiger partial charge in [0.1, 0.15) is 11.3 Å². The molecule has 0 aliphatic carbocycles. The summed E-state index contributed by atoms with van der Waals surface area (Å²) in [5.41, 5.74) is 2.24. The number of fused-ring (bicyclic) bond motifs is 1. The van der Waals surface area contributed by atoms with E-state index in [1.807, 2.05) is 23.9 Å². The van der Waals surface area contributed by atoms with E-state index in [0.717, 1.165) is 17.9 Å². The number of hydrogen-bond acceptors (Lipinski definition) is 3. The number of aryl methyl sites for hydroxylation is 1. The summed E-state index contributed by atoms with van der Waals surface area (Å²) in [5.74, 6) is 1.06. The summed E-state index contributed by atoms with van der Waals surface area (Å²) in [6.07, 6.45) is 2.14. The highest BCUT2D eigenvalue weighted by Crippen LogP contribution is 2.29. The zero-order chi connectivity index (χ0) is 13.1. The van der Waals surface area contributed by atoms with Gasteiger partial charge in [0.15, 0.2) is 0 Å². The zero-order valence-electron chi connectivity index (χ0n) is 11.5. The first-order chi connectivity index (χ1) is 8.63. The molecule has 0 aliphatic rings. The fourth-order valence-electron chi connectivity index (χ4n) is 2.13. The third kappa shape index (κ3) is 2.73. The largest absolute Gasteiger partial charge is 0.459 e. The number of benzene rings is 1. The molecular formula is C15H21NOS. The van der Waals surface area contributed by atoms with Gasteiger partial charge in [0.2, 0.25) is 0 Å². The van der Waals surface area contributed by atoms with Crippen molar-refractivity contribution < 1.29 is 4.42 Å². The molecular weight excluding hydrogens is 242 g/mol. The summed E-state index contributed by atoms with van der Waals surface area (Å²) in [5, 5.41) is 5.38. The smallest absolute Gasteiger partial charge is 0.134 e. The molecule has 0 aliphatic heterocycles. The van der Waals surface area contributed by atoms with Crippen LogP contribution in [0.15, 0.2) is 28.7 Å². The van der Waals surface area contributed by atoms with Crippen LogP contribution in [0.3, 0.4) is 0 Å². The molecule has 0 saturated carbocycles. The number of para-hydroxylation sites is 1. The number of nitrogens with one attached hydrogen (secondary N) is 1. The molecule has 0 saturated heterocycles. The molecule has 2 aromatic rings. The minimum Gasteiger partial charge on any atom is -0.459 e. The van der Waals surface area contributed by atoms with Gasteiger partial charge in [-0.3, -0.25) is 0 Å². The molecule has 98 valence electrons. The van der Waals surface area contributed by atoms with Crippen LogP contribution >= 0.6 is 11.8 Å². The summed E-state index contributed by atoms with van der Waals surface area (Å²) < 4.78 is 5.96. The van der Waals surface area contributed by atoms with Crippen molar-refractivity contribution in [2.24, 2.45) is 0 Å². The lowest BCUT2D eigenvalue weighted by molar-refractivity contribution is 0.450. The summed E-state index contributed by atoms with van der Waals surface area (Å²) in [6.45, 7) is 7.53. The molecule has 2 atom stereocenters. The van der Waals surface area contributed by atoms with E-state index < -0.39 is 0 Å². The van der Waals surface area contributed by atoms with E-state index in [4.69, 9.17) is 4.42 Å². The molecule has 2 rings (SSSR count). The van der Waals surface area contributed by atoms with Gasteiger partial charge in [0.05, 0.1) is 6.04 Å². The average molecular weight is 263 g/mol. The summed E-state index contributed by atoms with van der Waals surface area (Å²) in [6, 6.07) is 8.48. The summed E-state index contributed by atoms with van der Waals surface area (Å²) in [7, 11) is 0. The minimum absolute atomic E-state index is 0.256. The molecule has 0 fully saturated rings. The molecule has 1 aromatic carbocycles. The topological polar surface area (TPSA) is 25.2 Å². The van der Waals surface area contributed by atoms with Crippen LogP contribution in [0.4, 0.5) is 0 Å². The maximum atomic E-state index is 5.96. The molecule has 1 aromatic heterocycles. The van der Waals surface area contributed by atoms with Gasteiger partial charge in [-0.2, -0.15) is 11.8 Å². The number of thioether (sulfide) groups is 1. The number of furan rings is 1. The van der Waals surface area contributed by atoms with Gasteiger partial charge in [-0.15, -0.1) is 0 Å². The lowest BCUT2D eigenvalue weighted by Gasteiger charge is -2.15.